The first kappa shape index (κ1) is 20.3. The Morgan fingerprint density at radius 2 is 2.04 bits per heavy atom. The number of hydrogen-bond donors (Lipinski definition) is 2. The topological polar surface area (TPSA) is 72.1 Å². The van der Waals surface area contributed by atoms with Crippen LogP contribution in [0.2, 0.25) is 0 Å². The van der Waals surface area contributed by atoms with Crippen molar-refractivity contribution < 1.29 is 13.9 Å². The van der Waals surface area contributed by atoms with Gasteiger partial charge >= 0.3 is 0 Å². The first-order valence-electron chi connectivity index (χ1n) is 9.38. The van der Waals surface area contributed by atoms with Crippen LogP contribution in [-0.4, -0.2) is 50.8 Å². The Kier molecular flexibility index (Phi) is 7.36. The maximum Gasteiger partial charge on any atom is 0.193 e. The number of guanidine groups is 1. The molecule has 3 rings (SSSR count). The van der Waals surface area contributed by atoms with Gasteiger partial charge in [0.05, 0.1) is 32.4 Å². The fourth-order valence-electron chi connectivity index (χ4n) is 3.32. The third-order valence-electron chi connectivity index (χ3n) is 4.73. The number of morpholine rings is 1. The van der Waals surface area contributed by atoms with Crippen LogP contribution in [0.1, 0.15) is 17.2 Å². The summed E-state index contributed by atoms with van der Waals surface area (Å²) in [6.07, 6.45) is 0. The maximum absolute atomic E-state index is 13.8. The predicted octanol–water partition coefficient (Wildman–Crippen LogP) is 2.77. The lowest BCUT2D eigenvalue weighted by Crippen LogP contribution is -2.40. The molecule has 1 saturated heterocycles. The molecule has 7 heteroatoms. The lowest BCUT2D eigenvalue weighted by molar-refractivity contribution is 0.0179. The van der Waals surface area contributed by atoms with Crippen LogP contribution in [0.5, 0.6) is 0 Å². The van der Waals surface area contributed by atoms with Gasteiger partial charge in [-0.25, -0.2) is 4.39 Å². The van der Waals surface area contributed by atoms with Gasteiger partial charge in [-0.1, -0.05) is 30.3 Å². The molecule has 0 saturated carbocycles. The van der Waals surface area contributed by atoms with Crippen molar-refractivity contribution in [1.29, 1.82) is 0 Å². The molecule has 0 spiro atoms. The van der Waals surface area contributed by atoms with Crippen molar-refractivity contribution >= 4 is 11.6 Å². The molecule has 6 nitrogen and oxygen atoms in total. The Hall–Kier alpha value is -2.48. The van der Waals surface area contributed by atoms with Crippen molar-refractivity contribution in [3.8, 4) is 0 Å². The summed E-state index contributed by atoms with van der Waals surface area (Å²) in [5.41, 5.74) is 8.88. The fraction of sp³-hybridized carbons (Fsp3) is 0.381. The van der Waals surface area contributed by atoms with Crippen LogP contribution in [0.25, 0.3) is 0 Å². The lowest BCUT2D eigenvalue weighted by Gasteiger charge is -2.34. The van der Waals surface area contributed by atoms with Crippen LogP contribution in [0.15, 0.2) is 53.5 Å². The minimum Gasteiger partial charge on any atom is -0.380 e. The Bertz CT molecular complexity index is 793. The summed E-state index contributed by atoms with van der Waals surface area (Å²) in [7, 11) is 1.65. The number of rotatable bonds is 7. The van der Waals surface area contributed by atoms with E-state index in [2.05, 4.69) is 15.2 Å². The van der Waals surface area contributed by atoms with Gasteiger partial charge in [-0.2, -0.15) is 0 Å². The molecule has 3 N–H and O–H groups in total. The number of methoxy groups -OCH3 is 1. The second-order valence-corrected chi connectivity index (χ2v) is 6.66. The Labute approximate surface area is 165 Å². The number of nitrogens with zero attached hydrogens (tertiary/aromatic N) is 2. The molecule has 2 aromatic rings. The first-order valence-corrected chi connectivity index (χ1v) is 9.38. The second kappa shape index (κ2) is 10.2. The molecule has 0 aromatic heterocycles. The Morgan fingerprint density at radius 1 is 1.25 bits per heavy atom. The zero-order valence-electron chi connectivity index (χ0n) is 16.1. The van der Waals surface area contributed by atoms with Crippen molar-refractivity contribution in [2.45, 2.75) is 12.6 Å². The highest BCUT2D eigenvalue weighted by Crippen LogP contribution is 2.23. The van der Waals surface area contributed by atoms with E-state index in [4.69, 9.17) is 15.2 Å². The number of nitrogens with one attached hydrogen (secondary N) is 1. The Morgan fingerprint density at radius 3 is 2.79 bits per heavy atom. The molecule has 0 aliphatic carbocycles. The summed E-state index contributed by atoms with van der Waals surface area (Å²) < 4.78 is 24.4. The van der Waals surface area contributed by atoms with E-state index in [1.165, 1.54) is 6.07 Å². The zero-order chi connectivity index (χ0) is 19.8. The smallest absolute Gasteiger partial charge is 0.193 e. The molecule has 1 atom stereocenters. The van der Waals surface area contributed by atoms with Crippen LogP contribution >= 0.6 is 0 Å². The minimum absolute atomic E-state index is 0.0610. The standard InChI is InChI=1S/C21H27FN4O2/c1-27-15-17-5-2-3-8-19(17)25-21(23)24-14-20(26-9-11-28-12-10-26)16-6-4-7-18(22)13-16/h2-8,13,20H,9-12,14-15H2,1H3,(H3,23,24,25). The molecule has 0 radical (unpaired) electrons. The van der Waals surface area contributed by atoms with Crippen LogP contribution in [0.4, 0.5) is 10.1 Å². The van der Waals surface area contributed by atoms with Gasteiger partial charge in [-0.05, 0) is 23.8 Å². The third kappa shape index (κ3) is 5.51. The second-order valence-electron chi connectivity index (χ2n) is 6.66. The molecule has 150 valence electrons. The molecule has 1 heterocycles. The number of para-hydroxylation sites is 1. The third-order valence-corrected chi connectivity index (χ3v) is 4.73. The van der Waals surface area contributed by atoms with Gasteiger partial charge in [-0.3, -0.25) is 9.89 Å². The Balaban J connectivity index is 1.75. The van der Waals surface area contributed by atoms with Crippen molar-refractivity contribution in [3.05, 3.63) is 65.5 Å². The highest BCUT2D eigenvalue weighted by molar-refractivity contribution is 5.93. The fourth-order valence-corrected chi connectivity index (χ4v) is 3.32. The number of hydrogen-bond acceptors (Lipinski definition) is 4. The predicted molar refractivity (Wildman–Crippen MR) is 109 cm³/mol. The van der Waals surface area contributed by atoms with Crippen LogP contribution < -0.4 is 11.1 Å². The van der Waals surface area contributed by atoms with Gasteiger partial charge in [0.2, 0.25) is 0 Å². The average molecular weight is 386 g/mol. The lowest BCUT2D eigenvalue weighted by atomic mass is 10.0. The SMILES string of the molecule is COCc1ccccc1NC(N)=NCC(c1cccc(F)c1)N1CCOCC1. The molecule has 28 heavy (non-hydrogen) atoms. The molecular formula is C21H27FN4O2. The molecule has 1 aliphatic heterocycles. The molecule has 1 unspecified atom stereocenters. The molecule has 0 bridgehead atoms. The number of nitrogens with two attached hydrogens (primary N) is 1. The molecule has 1 aliphatic rings. The number of anilines is 1. The van der Waals surface area contributed by atoms with E-state index in [9.17, 15) is 4.39 Å². The number of ether oxygens (including phenoxy) is 2. The van der Waals surface area contributed by atoms with Gasteiger partial charge in [0.1, 0.15) is 5.82 Å². The van der Waals surface area contributed by atoms with Gasteiger partial charge in [0.25, 0.3) is 0 Å². The van der Waals surface area contributed by atoms with Gasteiger partial charge in [-0.15, -0.1) is 0 Å². The monoisotopic (exact) mass is 386 g/mol. The summed E-state index contributed by atoms with van der Waals surface area (Å²) in [5.74, 6) is 0.0672. The number of aliphatic imine (C=N–C) groups is 1. The van der Waals surface area contributed by atoms with Crippen LogP contribution in [0, 0.1) is 5.82 Å². The van der Waals surface area contributed by atoms with Crippen molar-refractivity contribution in [2.75, 3.05) is 45.3 Å². The van der Waals surface area contributed by atoms with Crippen LogP contribution in [-0.2, 0) is 16.1 Å². The quantitative estimate of drug-likeness (QED) is 0.566. The first-order chi connectivity index (χ1) is 13.7. The number of benzene rings is 2. The van der Waals surface area contributed by atoms with Gasteiger partial charge in [0.15, 0.2) is 5.96 Å². The summed E-state index contributed by atoms with van der Waals surface area (Å²) in [6.45, 7) is 3.79. The molecular weight excluding hydrogens is 359 g/mol. The van der Waals surface area contributed by atoms with Crippen molar-refractivity contribution in [1.82, 2.24) is 4.90 Å². The molecule has 0 amide bonds. The normalized spacial score (nSPS) is 16.7. The zero-order valence-corrected chi connectivity index (χ0v) is 16.1. The molecule has 2 aromatic carbocycles. The highest BCUT2D eigenvalue weighted by Gasteiger charge is 2.23. The van der Waals surface area contributed by atoms with E-state index >= 15 is 0 Å². The van der Waals surface area contributed by atoms with E-state index in [0.29, 0.717) is 32.3 Å². The summed E-state index contributed by atoms with van der Waals surface area (Å²) >= 11 is 0. The largest absolute Gasteiger partial charge is 0.380 e. The summed E-state index contributed by atoms with van der Waals surface area (Å²) in [5, 5.41) is 3.15. The van der Waals surface area contributed by atoms with E-state index in [1.54, 1.807) is 19.2 Å². The average Bonchev–Trinajstić information content (AvgIpc) is 2.71. The van der Waals surface area contributed by atoms with E-state index in [0.717, 1.165) is 29.9 Å². The van der Waals surface area contributed by atoms with Gasteiger partial charge < -0.3 is 20.5 Å². The highest BCUT2D eigenvalue weighted by atomic mass is 19.1. The minimum atomic E-state index is -0.251. The summed E-state index contributed by atoms with van der Waals surface area (Å²) in [6, 6.07) is 14.4. The van der Waals surface area contributed by atoms with Crippen LogP contribution in [0.3, 0.4) is 0 Å². The van der Waals surface area contributed by atoms with E-state index in [-0.39, 0.29) is 11.9 Å². The van der Waals surface area contributed by atoms with E-state index in [1.807, 2.05) is 30.3 Å². The van der Waals surface area contributed by atoms with E-state index < -0.39 is 0 Å². The number of halogens is 1. The summed E-state index contributed by atoms with van der Waals surface area (Å²) in [4.78, 5) is 6.80. The van der Waals surface area contributed by atoms with Crippen molar-refractivity contribution in [3.63, 3.8) is 0 Å². The maximum atomic E-state index is 13.8. The van der Waals surface area contributed by atoms with Crippen molar-refractivity contribution in [2.24, 2.45) is 10.7 Å². The van der Waals surface area contributed by atoms with Gasteiger partial charge in [0, 0.05) is 31.5 Å². The molecule has 1 fully saturated rings.